The van der Waals surface area contributed by atoms with Crippen LogP contribution in [-0.4, -0.2) is 52.2 Å². The Balaban J connectivity index is 1.83. The number of hydrogen-bond donors (Lipinski definition) is 0. The SMILES string of the molecule is COc1ccc(OC)c(C2=NN(C(=O)c3ccco3)[C@@H](c3cc(OC)c(OC)c(OC)c3)C2)c1. The van der Waals surface area contributed by atoms with Gasteiger partial charge >= 0.3 is 5.91 Å². The predicted molar refractivity (Wildman–Crippen MR) is 124 cm³/mol. The first-order chi connectivity index (χ1) is 16.5. The number of amides is 1. The van der Waals surface area contributed by atoms with Crippen LogP contribution in [-0.2, 0) is 0 Å². The van der Waals surface area contributed by atoms with Crippen LogP contribution < -0.4 is 23.7 Å². The molecule has 3 aromatic rings. The van der Waals surface area contributed by atoms with Crippen molar-refractivity contribution in [2.24, 2.45) is 5.10 Å². The van der Waals surface area contributed by atoms with E-state index in [0.29, 0.717) is 40.9 Å². The van der Waals surface area contributed by atoms with Gasteiger partial charge in [-0.3, -0.25) is 4.79 Å². The molecule has 0 spiro atoms. The molecular weight excluding hydrogens is 440 g/mol. The molecule has 0 saturated carbocycles. The van der Waals surface area contributed by atoms with E-state index in [1.807, 2.05) is 24.3 Å². The van der Waals surface area contributed by atoms with Crippen LogP contribution in [0.25, 0.3) is 0 Å². The average molecular weight is 466 g/mol. The molecule has 0 saturated heterocycles. The number of carbonyl (C=O) groups is 1. The van der Waals surface area contributed by atoms with Crippen molar-refractivity contribution in [3.05, 3.63) is 65.6 Å². The first-order valence-corrected chi connectivity index (χ1v) is 10.5. The van der Waals surface area contributed by atoms with Gasteiger partial charge in [0.05, 0.1) is 53.6 Å². The van der Waals surface area contributed by atoms with Crippen LogP contribution in [0.1, 0.15) is 34.1 Å². The first kappa shape index (κ1) is 23.0. The summed E-state index contributed by atoms with van der Waals surface area (Å²) >= 11 is 0. The molecule has 9 nitrogen and oxygen atoms in total. The van der Waals surface area contributed by atoms with Gasteiger partial charge in [0.1, 0.15) is 11.5 Å². The lowest BCUT2D eigenvalue weighted by atomic mass is 9.97. The maximum absolute atomic E-state index is 13.4. The third kappa shape index (κ3) is 4.12. The standard InChI is InChI=1S/C25H26N2O7/c1-29-16-8-9-20(30-2)17(13-16)18-14-19(27(26-18)25(28)21-7-6-10-34-21)15-11-22(31-3)24(33-5)23(12-15)32-4/h6-13,19H,14H2,1-5H3/t19-/m1/s1. The number of hydrogen-bond acceptors (Lipinski definition) is 8. The normalized spacial score (nSPS) is 15.0. The van der Waals surface area contributed by atoms with Crippen molar-refractivity contribution in [1.82, 2.24) is 5.01 Å². The summed E-state index contributed by atoms with van der Waals surface area (Å²) in [4.78, 5) is 13.4. The van der Waals surface area contributed by atoms with Gasteiger partial charge in [-0.2, -0.15) is 5.10 Å². The fourth-order valence-electron chi connectivity index (χ4n) is 3.97. The Morgan fingerprint density at radius 3 is 2.18 bits per heavy atom. The molecule has 0 unspecified atom stereocenters. The van der Waals surface area contributed by atoms with Crippen LogP contribution in [0, 0.1) is 0 Å². The van der Waals surface area contributed by atoms with Gasteiger partial charge in [-0.25, -0.2) is 5.01 Å². The van der Waals surface area contributed by atoms with Crippen molar-refractivity contribution in [1.29, 1.82) is 0 Å². The minimum atomic E-state index is -0.461. The van der Waals surface area contributed by atoms with Crippen molar-refractivity contribution in [3.63, 3.8) is 0 Å². The molecular formula is C25H26N2O7. The summed E-state index contributed by atoms with van der Waals surface area (Å²) in [6, 6.07) is 11.9. The molecule has 178 valence electrons. The van der Waals surface area contributed by atoms with Crippen molar-refractivity contribution < 1.29 is 32.9 Å². The lowest BCUT2D eigenvalue weighted by molar-refractivity contribution is 0.0678. The second-order valence-electron chi connectivity index (χ2n) is 7.42. The maximum atomic E-state index is 13.4. The topological polar surface area (TPSA) is 92.0 Å². The number of benzene rings is 2. The van der Waals surface area contributed by atoms with E-state index < -0.39 is 6.04 Å². The largest absolute Gasteiger partial charge is 0.497 e. The van der Waals surface area contributed by atoms with Crippen molar-refractivity contribution in [2.45, 2.75) is 12.5 Å². The molecule has 0 bridgehead atoms. The minimum absolute atomic E-state index is 0.181. The van der Waals surface area contributed by atoms with Gasteiger partial charge in [-0.1, -0.05) is 0 Å². The fourth-order valence-corrected chi connectivity index (χ4v) is 3.97. The molecule has 1 atom stereocenters. The van der Waals surface area contributed by atoms with Gasteiger partial charge < -0.3 is 28.1 Å². The molecule has 4 rings (SSSR count). The van der Waals surface area contributed by atoms with Crippen LogP contribution in [0.15, 0.2) is 58.2 Å². The van der Waals surface area contributed by atoms with Crippen LogP contribution in [0.5, 0.6) is 28.7 Å². The molecule has 1 amide bonds. The van der Waals surface area contributed by atoms with Gasteiger partial charge in [0.2, 0.25) is 5.75 Å². The molecule has 2 heterocycles. The van der Waals surface area contributed by atoms with E-state index in [-0.39, 0.29) is 11.7 Å². The Hall–Kier alpha value is -4.14. The highest BCUT2D eigenvalue weighted by molar-refractivity contribution is 6.06. The lowest BCUT2D eigenvalue weighted by Gasteiger charge is -2.23. The Morgan fingerprint density at radius 2 is 1.62 bits per heavy atom. The molecule has 1 aliphatic heterocycles. The lowest BCUT2D eigenvalue weighted by Crippen LogP contribution is -2.26. The number of methoxy groups -OCH3 is 5. The van der Waals surface area contributed by atoms with Crippen LogP contribution in [0.4, 0.5) is 0 Å². The summed E-state index contributed by atoms with van der Waals surface area (Å²) < 4.78 is 32.8. The Labute approximate surface area is 197 Å². The quantitative estimate of drug-likeness (QED) is 0.488. The molecule has 9 heteroatoms. The first-order valence-electron chi connectivity index (χ1n) is 10.5. The number of ether oxygens (including phenoxy) is 5. The molecule has 0 radical (unpaired) electrons. The van der Waals surface area contributed by atoms with E-state index in [1.54, 1.807) is 53.7 Å². The van der Waals surface area contributed by atoms with Gasteiger partial charge in [0.25, 0.3) is 0 Å². The summed E-state index contributed by atoms with van der Waals surface area (Å²) in [5.74, 6) is 2.50. The third-order valence-electron chi connectivity index (χ3n) is 5.64. The highest BCUT2D eigenvalue weighted by atomic mass is 16.5. The van der Waals surface area contributed by atoms with E-state index in [4.69, 9.17) is 33.2 Å². The summed E-state index contributed by atoms with van der Waals surface area (Å²) in [6.45, 7) is 0. The van der Waals surface area contributed by atoms with E-state index in [0.717, 1.165) is 11.1 Å². The predicted octanol–water partition coefficient (Wildman–Crippen LogP) is 4.31. The van der Waals surface area contributed by atoms with E-state index >= 15 is 0 Å². The summed E-state index contributed by atoms with van der Waals surface area (Å²) in [5, 5.41) is 6.11. The molecule has 34 heavy (non-hydrogen) atoms. The number of hydrazone groups is 1. The van der Waals surface area contributed by atoms with E-state index in [1.165, 1.54) is 11.3 Å². The van der Waals surface area contributed by atoms with Crippen LogP contribution >= 0.6 is 0 Å². The summed E-state index contributed by atoms with van der Waals surface area (Å²) in [7, 11) is 7.81. The van der Waals surface area contributed by atoms with Crippen LogP contribution in [0.2, 0.25) is 0 Å². The fraction of sp³-hybridized carbons (Fsp3) is 0.280. The second-order valence-corrected chi connectivity index (χ2v) is 7.42. The molecule has 1 aromatic heterocycles. The highest BCUT2D eigenvalue weighted by Crippen LogP contribution is 2.44. The number of carbonyl (C=O) groups excluding carboxylic acids is 1. The second kappa shape index (κ2) is 9.78. The summed E-state index contributed by atoms with van der Waals surface area (Å²) in [5.41, 5.74) is 2.15. The Kier molecular flexibility index (Phi) is 6.62. The molecule has 1 aliphatic rings. The third-order valence-corrected chi connectivity index (χ3v) is 5.64. The zero-order valence-electron chi connectivity index (χ0n) is 19.7. The van der Waals surface area contributed by atoms with E-state index in [9.17, 15) is 4.79 Å². The highest BCUT2D eigenvalue weighted by Gasteiger charge is 2.36. The van der Waals surface area contributed by atoms with Crippen LogP contribution in [0.3, 0.4) is 0 Å². The maximum Gasteiger partial charge on any atom is 0.310 e. The van der Waals surface area contributed by atoms with E-state index in [2.05, 4.69) is 0 Å². The zero-order valence-corrected chi connectivity index (χ0v) is 19.7. The zero-order chi connectivity index (χ0) is 24.2. The average Bonchev–Trinajstić information content (AvgIpc) is 3.57. The van der Waals surface area contributed by atoms with Gasteiger partial charge in [0.15, 0.2) is 17.3 Å². The molecule has 0 N–H and O–H groups in total. The Morgan fingerprint density at radius 1 is 0.912 bits per heavy atom. The van der Waals surface area contributed by atoms with Gasteiger partial charge in [-0.15, -0.1) is 0 Å². The van der Waals surface area contributed by atoms with Crippen molar-refractivity contribution in [3.8, 4) is 28.7 Å². The number of rotatable bonds is 8. The van der Waals surface area contributed by atoms with Crippen molar-refractivity contribution >= 4 is 11.6 Å². The molecule has 0 fully saturated rings. The molecule has 0 aliphatic carbocycles. The van der Waals surface area contributed by atoms with Gasteiger partial charge in [0, 0.05) is 12.0 Å². The number of nitrogens with zero attached hydrogens (tertiary/aromatic N) is 2. The monoisotopic (exact) mass is 466 g/mol. The number of furan rings is 1. The smallest absolute Gasteiger partial charge is 0.310 e. The van der Waals surface area contributed by atoms with Crippen molar-refractivity contribution in [2.75, 3.05) is 35.5 Å². The molecule has 2 aromatic carbocycles. The van der Waals surface area contributed by atoms with Gasteiger partial charge in [-0.05, 0) is 48.0 Å². The Bertz CT molecular complexity index is 1180. The summed E-state index contributed by atoms with van der Waals surface area (Å²) in [6.07, 6.45) is 1.86. The minimum Gasteiger partial charge on any atom is -0.497 e.